The van der Waals surface area contributed by atoms with E-state index in [1.54, 1.807) is 19.2 Å². The van der Waals surface area contributed by atoms with E-state index < -0.39 is 0 Å². The summed E-state index contributed by atoms with van der Waals surface area (Å²) in [5, 5.41) is 0. The Kier molecular flexibility index (Phi) is 4.05. The van der Waals surface area contributed by atoms with E-state index in [9.17, 15) is 9.59 Å². The van der Waals surface area contributed by atoms with Gasteiger partial charge in [-0.2, -0.15) is 0 Å². The molecule has 5 nitrogen and oxygen atoms in total. The van der Waals surface area contributed by atoms with Crippen molar-refractivity contribution in [3.05, 3.63) is 32.7 Å². The first-order valence-electron chi connectivity index (χ1n) is 4.40. The second-order valence-corrected chi connectivity index (χ2v) is 4.07. The molecule has 0 unspecified atom stereocenters. The molecule has 0 spiro atoms. The minimum atomic E-state index is -0.292. The molecule has 0 aromatic carbocycles. The molecule has 1 rings (SSSR count). The molecule has 1 heterocycles. The molecule has 15 heavy (non-hydrogen) atoms. The summed E-state index contributed by atoms with van der Waals surface area (Å²) in [4.78, 5) is 22.5. The molecule has 1 aromatic rings. The van der Waals surface area contributed by atoms with Crippen LogP contribution in [0.2, 0.25) is 0 Å². The largest absolute Gasteiger partial charge is 0.314 e. The number of carbonyl (C=O) groups is 1. The van der Waals surface area contributed by atoms with E-state index in [0.29, 0.717) is 12.1 Å². The Bertz CT molecular complexity index is 428. The lowest BCUT2D eigenvalue weighted by molar-refractivity contribution is -0.121. The van der Waals surface area contributed by atoms with Gasteiger partial charge in [0.15, 0.2) is 0 Å². The molecule has 1 aromatic heterocycles. The van der Waals surface area contributed by atoms with Gasteiger partial charge in [0, 0.05) is 29.2 Å². The minimum Gasteiger partial charge on any atom is -0.314 e. The average Bonchev–Trinajstić information content (AvgIpc) is 2.20. The van der Waals surface area contributed by atoms with E-state index in [2.05, 4.69) is 15.9 Å². The topological polar surface area (TPSA) is 77.1 Å². The van der Waals surface area contributed by atoms with Crippen LogP contribution in [-0.2, 0) is 11.3 Å². The zero-order valence-electron chi connectivity index (χ0n) is 8.29. The average molecular weight is 274 g/mol. The quantitative estimate of drug-likeness (QED) is 0.473. The van der Waals surface area contributed by atoms with E-state index in [1.165, 1.54) is 4.57 Å². The Morgan fingerprint density at radius 3 is 2.93 bits per heavy atom. The molecule has 0 radical (unpaired) electrons. The number of rotatable bonds is 3. The maximum atomic E-state index is 11.6. The van der Waals surface area contributed by atoms with Crippen molar-refractivity contribution in [2.45, 2.75) is 19.9 Å². The molecular formula is C9H12BrN3O2. The summed E-state index contributed by atoms with van der Waals surface area (Å²) in [5.41, 5.74) is 2.56. The highest BCUT2D eigenvalue weighted by Gasteiger charge is 2.04. The molecule has 1 amide bonds. The van der Waals surface area contributed by atoms with Gasteiger partial charge in [0.2, 0.25) is 5.91 Å². The number of aromatic nitrogens is 1. The predicted molar refractivity (Wildman–Crippen MR) is 60.1 cm³/mol. The number of nitrogens with one attached hydrogen (secondary N) is 1. The molecule has 0 aliphatic heterocycles. The number of nitrogens with two attached hydrogens (primary N) is 1. The number of nitrogens with zero attached hydrogens (tertiary/aromatic N) is 1. The Morgan fingerprint density at radius 1 is 1.67 bits per heavy atom. The summed E-state index contributed by atoms with van der Waals surface area (Å²) >= 11 is 3.29. The Hall–Kier alpha value is -1.14. The molecule has 6 heteroatoms. The summed E-state index contributed by atoms with van der Waals surface area (Å²) < 4.78 is 2.29. The summed E-state index contributed by atoms with van der Waals surface area (Å²) in [6.07, 6.45) is 1.84. The van der Waals surface area contributed by atoms with Gasteiger partial charge in [0.05, 0.1) is 0 Å². The lowest BCUT2D eigenvalue weighted by Gasteiger charge is -2.06. The summed E-state index contributed by atoms with van der Waals surface area (Å²) in [6, 6.07) is 1.74. The minimum absolute atomic E-state index is 0.0944. The number of hydrogen-bond donors (Lipinski definition) is 2. The Morgan fingerprint density at radius 2 is 2.33 bits per heavy atom. The SMILES string of the molecule is Cc1cc(Br)cn(CCC(=O)NN)c1=O. The van der Waals surface area contributed by atoms with E-state index in [4.69, 9.17) is 5.84 Å². The van der Waals surface area contributed by atoms with Crippen molar-refractivity contribution in [1.29, 1.82) is 0 Å². The molecule has 82 valence electrons. The fourth-order valence-corrected chi connectivity index (χ4v) is 1.79. The van der Waals surface area contributed by atoms with E-state index >= 15 is 0 Å². The van der Waals surface area contributed by atoms with Crippen molar-refractivity contribution in [3.8, 4) is 0 Å². The van der Waals surface area contributed by atoms with Crippen molar-refractivity contribution >= 4 is 21.8 Å². The van der Waals surface area contributed by atoms with Gasteiger partial charge >= 0.3 is 0 Å². The molecule has 0 bridgehead atoms. The van der Waals surface area contributed by atoms with Crippen molar-refractivity contribution in [1.82, 2.24) is 9.99 Å². The third-order valence-corrected chi connectivity index (χ3v) is 2.41. The maximum absolute atomic E-state index is 11.6. The highest BCUT2D eigenvalue weighted by molar-refractivity contribution is 9.10. The monoisotopic (exact) mass is 273 g/mol. The maximum Gasteiger partial charge on any atom is 0.253 e. The smallest absolute Gasteiger partial charge is 0.253 e. The lowest BCUT2D eigenvalue weighted by atomic mass is 10.3. The number of pyridine rings is 1. The van der Waals surface area contributed by atoms with Gasteiger partial charge in [-0.1, -0.05) is 0 Å². The molecule has 0 aliphatic rings. The number of carbonyl (C=O) groups excluding carboxylic acids is 1. The molecule has 0 atom stereocenters. The molecule has 0 saturated heterocycles. The van der Waals surface area contributed by atoms with E-state index in [-0.39, 0.29) is 17.9 Å². The molecule has 0 fully saturated rings. The van der Waals surface area contributed by atoms with Crippen molar-refractivity contribution < 1.29 is 4.79 Å². The van der Waals surface area contributed by atoms with Gasteiger partial charge < -0.3 is 4.57 Å². The third-order valence-electron chi connectivity index (χ3n) is 1.97. The first kappa shape index (κ1) is 11.9. The van der Waals surface area contributed by atoms with Crippen molar-refractivity contribution in [3.63, 3.8) is 0 Å². The standard InChI is InChI=1S/C9H12BrN3O2/c1-6-4-7(10)5-13(9(6)15)3-2-8(14)12-11/h4-5H,2-3,11H2,1H3,(H,12,14). The van der Waals surface area contributed by atoms with Crippen LogP contribution in [-0.4, -0.2) is 10.5 Å². The number of hydrazine groups is 1. The first-order valence-corrected chi connectivity index (χ1v) is 5.20. The van der Waals surface area contributed by atoms with Crippen LogP contribution >= 0.6 is 15.9 Å². The van der Waals surface area contributed by atoms with Crippen molar-refractivity contribution in [2.24, 2.45) is 5.84 Å². The second-order valence-electron chi connectivity index (χ2n) is 3.16. The van der Waals surface area contributed by atoms with Crippen LogP contribution in [0.3, 0.4) is 0 Å². The first-order chi connectivity index (χ1) is 7.04. The van der Waals surface area contributed by atoms with Crippen LogP contribution in [0.25, 0.3) is 0 Å². The second kappa shape index (κ2) is 5.09. The van der Waals surface area contributed by atoms with Gasteiger partial charge in [-0.05, 0) is 28.9 Å². The molecular weight excluding hydrogens is 262 g/mol. The van der Waals surface area contributed by atoms with Gasteiger partial charge in [0.1, 0.15) is 0 Å². The van der Waals surface area contributed by atoms with Gasteiger partial charge in [0.25, 0.3) is 5.56 Å². The highest BCUT2D eigenvalue weighted by atomic mass is 79.9. The fourth-order valence-electron chi connectivity index (χ4n) is 1.20. The van der Waals surface area contributed by atoms with Crippen LogP contribution in [0.4, 0.5) is 0 Å². The zero-order chi connectivity index (χ0) is 11.4. The summed E-state index contributed by atoms with van der Waals surface area (Å²) in [5.74, 6) is 4.65. The summed E-state index contributed by atoms with van der Waals surface area (Å²) in [6.45, 7) is 2.05. The van der Waals surface area contributed by atoms with Crippen LogP contribution in [0.15, 0.2) is 21.5 Å². The van der Waals surface area contributed by atoms with E-state index in [1.807, 2.05) is 5.43 Å². The molecule has 0 saturated carbocycles. The number of amides is 1. The van der Waals surface area contributed by atoms with Crippen LogP contribution in [0.5, 0.6) is 0 Å². The van der Waals surface area contributed by atoms with E-state index in [0.717, 1.165) is 4.47 Å². The van der Waals surface area contributed by atoms with Crippen LogP contribution < -0.4 is 16.8 Å². The molecule has 3 N–H and O–H groups in total. The van der Waals surface area contributed by atoms with Gasteiger partial charge in [-0.3, -0.25) is 15.0 Å². The lowest BCUT2D eigenvalue weighted by Crippen LogP contribution is -2.32. The highest BCUT2D eigenvalue weighted by Crippen LogP contribution is 2.08. The Balaban J connectivity index is 2.86. The molecule has 0 aliphatic carbocycles. The Labute approximate surface area is 95.4 Å². The van der Waals surface area contributed by atoms with Crippen LogP contribution in [0.1, 0.15) is 12.0 Å². The van der Waals surface area contributed by atoms with Gasteiger partial charge in [-0.15, -0.1) is 0 Å². The van der Waals surface area contributed by atoms with Crippen LogP contribution in [0, 0.1) is 6.92 Å². The van der Waals surface area contributed by atoms with Crippen molar-refractivity contribution in [2.75, 3.05) is 0 Å². The number of halogens is 1. The summed E-state index contributed by atoms with van der Waals surface area (Å²) in [7, 11) is 0. The number of hydrogen-bond acceptors (Lipinski definition) is 3. The number of aryl methyl sites for hydroxylation is 2. The third kappa shape index (κ3) is 3.17. The normalized spacial score (nSPS) is 10.1. The fraction of sp³-hybridized carbons (Fsp3) is 0.333. The predicted octanol–water partition coefficient (Wildman–Crippen LogP) is 0.299. The van der Waals surface area contributed by atoms with Gasteiger partial charge in [-0.25, -0.2) is 5.84 Å². The zero-order valence-corrected chi connectivity index (χ0v) is 9.87.